The van der Waals surface area contributed by atoms with Crippen LogP contribution in [-0.4, -0.2) is 38.3 Å². The summed E-state index contributed by atoms with van der Waals surface area (Å²) in [6.07, 6.45) is 5.23. The summed E-state index contributed by atoms with van der Waals surface area (Å²) in [7, 11) is 0. The molecule has 0 aliphatic carbocycles. The van der Waals surface area contributed by atoms with Crippen molar-refractivity contribution in [1.29, 1.82) is 0 Å². The second-order valence-corrected chi connectivity index (χ2v) is 5.69. The average Bonchev–Trinajstić information content (AvgIpc) is 2.95. The second kappa shape index (κ2) is 5.83. The Balaban J connectivity index is 1.60. The molecule has 17 heavy (non-hydrogen) atoms. The Labute approximate surface area is 103 Å². The largest absolute Gasteiger partial charge is 0.378 e. The van der Waals surface area contributed by atoms with Crippen LogP contribution in [-0.2, 0) is 9.53 Å². The van der Waals surface area contributed by atoms with Crippen molar-refractivity contribution in [2.45, 2.75) is 45.1 Å². The van der Waals surface area contributed by atoms with Gasteiger partial charge in [-0.25, -0.2) is 0 Å². The third kappa shape index (κ3) is 3.96. The molecule has 1 amide bonds. The first-order valence-electron chi connectivity index (χ1n) is 6.77. The first-order chi connectivity index (χ1) is 8.18. The number of rotatable bonds is 5. The summed E-state index contributed by atoms with van der Waals surface area (Å²) in [5, 5.41) is 6.40. The molecule has 2 N–H and O–H groups in total. The van der Waals surface area contributed by atoms with Gasteiger partial charge in [0.05, 0.1) is 6.10 Å². The maximum atomic E-state index is 11.7. The normalized spacial score (nSPS) is 32.9. The number of hydrogen-bond acceptors (Lipinski definition) is 3. The summed E-state index contributed by atoms with van der Waals surface area (Å²) in [6.45, 7) is 5.98. The molecule has 98 valence electrons. The van der Waals surface area contributed by atoms with E-state index in [-0.39, 0.29) is 11.3 Å². The molecule has 2 saturated heterocycles. The van der Waals surface area contributed by atoms with Gasteiger partial charge in [-0.3, -0.25) is 4.79 Å². The molecule has 2 unspecified atom stereocenters. The molecule has 4 nitrogen and oxygen atoms in total. The van der Waals surface area contributed by atoms with E-state index < -0.39 is 0 Å². The highest BCUT2D eigenvalue weighted by Crippen LogP contribution is 2.23. The van der Waals surface area contributed by atoms with E-state index >= 15 is 0 Å². The molecule has 2 aliphatic heterocycles. The first kappa shape index (κ1) is 12.8. The Morgan fingerprint density at radius 3 is 3.12 bits per heavy atom. The Kier molecular flexibility index (Phi) is 4.40. The van der Waals surface area contributed by atoms with Gasteiger partial charge in [-0.1, -0.05) is 6.92 Å². The number of amides is 1. The van der Waals surface area contributed by atoms with Crippen LogP contribution in [0.3, 0.4) is 0 Å². The Bertz CT molecular complexity index is 256. The molecule has 0 bridgehead atoms. The van der Waals surface area contributed by atoms with Crippen LogP contribution in [0.25, 0.3) is 0 Å². The number of carbonyl (C=O) groups is 1. The van der Waals surface area contributed by atoms with Crippen LogP contribution in [0, 0.1) is 5.41 Å². The van der Waals surface area contributed by atoms with Gasteiger partial charge < -0.3 is 15.4 Å². The third-order valence-corrected chi connectivity index (χ3v) is 3.89. The lowest BCUT2D eigenvalue weighted by molar-refractivity contribution is -0.122. The molecular weight excluding hydrogens is 216 g/mol. The van der Waals surface area contributed by atoms with Crippen molar-refractivity contribution in [2.75, 3.05) is 26.2 Å². The zero-order valence-corrected chi connectivity index (χ0v) is 10.8. The van der Waals surface area contributed by atoms with E-state index in [4.69, 9.17) is 4.74 Å². The Morgan fingerprint density at radius 1 is 1.59 bits per heavy atom. The molecule has 2 aliphatic rings. The van der Waals surface area contributed by atoms with Crippen LogP contribution in [0.15, 0.2) is 0 Å². The average molecular weight is 240 g/mol. The van der Waals surface area contributed by atoms with Gasteiger partial charge in [0, 0.05) is 26.1 Å². The highest BCUT2D eigenvalue weighted by molar-refractivity contribution is 5.75. The quantitative estimate of drug-likeness (QED) is 0.755. The van der Waals surface area contributed by atoms with Crippen LogP contribution in [0.5, 0.6) is 0 Å². The number of hydrogen-bond donors (Lipinski definition) is 2. The van der Waals surface area contributed by atoms with Gasteiger partial charge in [-0.15, -0.1) is 0 Å². The highest BCUT2D eigenvalue weighted by atomic mass is 16.5. The van der Waals surface area contributed by atoms with Crippen LogP contribution in [0.2, 0.25) is 0 Å². The summed E-state index contributed by atoms with van der Waals surface area (Å²) < 4.78 is 5.51. The fraction of sp³-hybridized carbons (Fsp3) is 0.923. The fourth-order valence-corrected chi connectivity index (χ4v) is 2.58. The van der Waals surface area contributed by atoms with Crippen molar-refractivity contribution in [3.8, 4) is 0 Å². The van der Waals surface area contributed by atoms with Crippen LogP contribution in [0.1, 0.15) is 39.0 Å². The third-order valence-electron chi connectivity index (χ3n) is 3.89. The molecule has 0 radical (unpaired) electrons. The van der Waals surface area contributed by atoms with E-state index in [1.807, 2.05) is 0 Å². The van der Waals surface area contributed by atoms with Crippen molar-refractivity contribution in [3.05, 3.63) is 0 Å². The van der Waals surface area contributed by atoms with Crippen molar-refractivity contribution in [3.63, 3.8) is 0 Å². The predicted molar refractivity (Wildman–Crippen MR) is 66.8 cm³/mol. The van der Waals surface area contributed by atoms with Gasteiger partial charge in [-0.05, 0) is 37.6 Å². The van der Waals surface area contributed by atoms with E-state index in [9.17, 15) is 4.79 Å². The lowest BCUT2D eigenvalue weighted by atomic mass is 9.90. The molecule has 2 heterocycles. The number of carbonyl (C=O) groups excluding carboxylic acids is 1. The molecule has 0 aromatic carbocycles. The smallest absolute Gasteiger partial charge is 0.220 e. The minimum Gasteiger partial charge on any atom is -0.378 e. The van der Waals surface area contributed by atoms with Crippen molar-refractivity contribution >= 4 is 5.91 Å². The van der Waals surface area contributed by atoms with Gasteiger partial charge >= 0.3 is 0 Å². The van der Waals surface area contributed by atoms with E-state index in [0.717, 1.165) is 51.9 Å². The van der Waals surface area contributed by atoms with Crippen LogP contribution in [0.4, 0.5) is 0 Å². The lowest BCUT2D eigenvalue weighted by Gasteiger charge is -2.23. The standard InChI is InChI=1S/C13H24N2O2/c1-13(6-7-14-9-13)10-15-12(16)5-4-11-3-2-8-17-11/h11,14H,2-10H2,1H3,(H,15,16). The highest BCUT2D eigenvalue weighted by Gasteiger charge is 2.28. The number of ether oxygens (including phenoxy) is 1. The molecule has 2 rings (SSSR count). The van der Waals surface area contributed by atoms with E-state index in [0.29, 0.717) is 12.5 Å². The zero-order chi connectivity index (χ0) is 12.1. The van der Waals surface area contributed by atoms with Gasteiger partial charge in [0.1, 0.15) is 0 Å². The lowest BCUT2D eigenvalue weighted by Crippen LogP contribution is -2.37. The van der Waals surface area contributed by atoms with Gasteiger partial charge in [0.25, 0.3) is 0 Å². The summed E-state index contributed by atoms with van der Waals surface area (Å²) in [5.41, 5.74) is 0.250. The van der Waals surface area contributed by atoms with Gasteiger partial charge in [0.2, 0.25) is 5.91 Å². The SMILES string of the molecule is CC1(CNC(=O)CCC2CCCO2)CCNC1. The molecule has 0 spiro atoms. The molecule has 0 saturated carbocycles. The van der Waals surface area contributed by atoms with Gasteiger partial charge in [-0.2, -0.15) is 0 Å². The van der Waals surface area contributed by atoms with Crippen molar-refractivity contribution in [1.82, 2.24) is 10.6 Å². The molecule has 0 aromatic rings. The molecular formula is C13H24N2O2. The molecule has 4 heteroatoms. The molecule has 2 atom stereocenters. The minimum atomic E-state index is 0.175. The molecule has 0 aromatic heterocycles. The Morgan fingerprint density at radius 2 is 2.47 bits per heavy atom. The summed E-state index contributed by atoms with van der Waals surface area (Å²) in [4.78, 5) is 11.7. The van der Waals surface area contributed by atoms with E-state index in [1.165, 1.54) is 0 Å². The van der Waals surface area contributed by atoms with Crippen molar-refractivity contribution < 1.29 is 9.53 Å². The summed E-state index contributed by atoms with van der Waals surface area (Å²) in [5.74, 6) is 0.175. The monoisotopic (exact) mass is 240 g/mol. The zero-order valence-electron chi connectivity index (χ0n) is 10.8. The van der Waals surface area contributed by atoms with Crippen LogP contribution < -0.4 is 10.6 Å². The fourth-order valence-electron chi connectivity index (χ4n) is 2.58. The number of nitrogens with one attached hydrogen (secondary N) is 2. The maximum absolute atomic E-state index is 11.7. The predicted octanol–water partition coefficient (Wildman–Crippen LogP) is 1.06. The second-order valence-electron chi connectivity index (χ2n) is 5.69. The Hall–Kier alpha value is -0.610. The minimum absolute atomic E-state index is 0.175. The summed E-state index contributed by atoms with van der Waals surface area (Å²) >= 11 is 0. The molecule has 2 fully saturated rings. The first-order valence-corrected chi connectivity index (χ1v) is 6.77. The topological polar surface area (TPSA) is 50.4 Å². The maximum Gasteiger partial charge on any atom is 0.220 e. The van der Waals surface area contributed by atoms with Gasteiger partial charge in [0.15, 0.2) is 0 Å². The van der Waals surface area contributed by atoms with Crippen molar-refractivity contribution in [2.24, 2.45) is 5.41 Å². The summed E-state index contributed by atoms with van der Waals surface area (Å²) in [6, 6.07) is 0. The van der Waals surface area contributed by atoms with E-state index in [1.54, 1.807) is 0 Å². The van der Waals surface area contributed by atoms with E-state index in [2.05, 4.69) is 17.6 Å². The van der Waals surface area contributed by atoms with Crippen LogP contribution >= 0.6 is 0 Å².